The van der Waals surface area contributed by atoms with E-state index in [0.717, 1.165) is 49.8 Å². The Morgan fingerprint density at radius 2 is 1.90 bits per heavy atom. The highest BCUT2D eigenvalue weighted by Gasteiger charge is 2.30. The average molecular weight is 352 g/mol. The molecule has 0 atom stereocenters. The molecule has 1 aliphatic heterocycles. The molecule has 2 nitrogen and oxygen atoms in total. The van der Waals surface area contributed by atoms with Gasteiger partial charge in [-0.3, -0.25) is 4.90 Å². The Morgan fingerprint density at radius 1 is 1.20 bits per heavy atom. The lowest BCUT2D eigenvalue weighted by molar-refractivity contribution is -0.137. The fourth-order valence-corrected chi connectivity index (χ4v) is 2.71. The number of alkyl halides is 3. The Labute approximate surface area is 125 Å². The highest BCUT2D eigenvalue weighted by atomic mass is 79.9. The summed E-state index contributed by atoms with van der Waals surface area (Å²) in [5, 5.41) is 0. The normalized spacial score (nSPS) is 17.4. The van der Waals surface area contributed by atoms with Gasteiger partial charge in [0.1, 0.15) is 0 Å². The summed E-state index contributed by atoms with van der Waals surface area (Å²) in [6.45, 7) is 4.19. The van der Waals surface area contributed by atoms with Crippen molar-refractivity contribution in [2.75, 3.05) is 32.8 Å². The van der Waals surface area contributed by atoms with E-state index >= 15 is 0 Å². The molecule has 0 N–H and O–H groups in total. The minimum Gasteiger partial charge on any atom is -0.379 e. The molecular weight excluding hydrogens is 335 g/mol. The third kappa shape index (κ3) is 4.46. The van der Waals surface area contributed by atoms with Crippen LogP contribution in [0.25, 0.3) is 0 Å². The molecular formula is C14H17BrF3NO. The van der Waals surface area contributed by atoms with E-state index in [9.17, 15) is 13.2 Å². The third-order valence-electron chi connectivity index (χ3n) is 3.40. The van der Waals surface area contributed by atoms with Crippen LogP contribution in [-0.4, -0.2) is 37.7 Å². The summed E-state index contributed by atoms with van der Waals surface area (Å²) in [7, 11) is 0. The largest absolute Gasteiger partial charge is 0.416 e. The summed E-state index contributed by atoms with van der Waals surface area (Å²) in [5.41, 5.74) is 0.134. The van der Waals surface area contributed by atoms with Crippen LogP contribution in [0.4, 0.5) is 13.2 Å². The second-order valence-corrected chi connectivity index (χ2v) is 5.72. The molecule has 1 aromatic rings. The maximum atomic E-state index is 12.7. The highest BCUT2D eigenvalue weighted by Crippen LogP contribution is 2.32. The number of hydrogen-bond donors (Lipinski definition) is 0. The van der Waals surface area contributed by atoms with Crippen molar-refractivity contribution in [3.8, 4) is 0 Å². The first-order chi connectivity index (χ1) is 9.47. The van der Waals surface area contributed by atoms with Gasteiger partial charge < -0.3 is 4.74 Å². The molecule has 0 radical (unpaired) electrons. The van der Waals surface area contributed by atoms with Gasteiger partial charge in [0.2, 0.25) is 0 Å². The number of morpholine rings is 1. The van der Waals surface area contributed by atoms with E-state index in [0.29, 0.717) is 12.0 Å². The number of rotatable bonds is 4. The average Bonchev–Trinajstić information content (AvgIpc) is 2.41. The Hall–Kier alpha value is -0.590. The van der Waals surface area contributed by atoms with Gasteiger partial charge in [-0.05, 0) is 43.1 Å². The van der Waals surface area contributed by atoms with E-state index in [1.807, 2.05) is 0 Å². The molecule has 1 aromatic carbocycles. The zero-order chi connectivity index (χ0) is 14.6. The van der Waals surface area contributed by atoms with Crippen LogP contribution >= 0.6 is 15.9 Å². The second-order valence-electron chi connectivity index (χ2n) is 4.86. The molecule has 0 saturated carbocycles. The van der Waals surface area contributed by atoms with Gasteiger partial charge in [-0.25, -0.2) is 0 Å². The molecule has 1 aliphatic rings. The molecule has 0 spiro atoms. The van der Waals surface area contributed by atoms with Crippen molar-refractivity contribution in [3.63, 3.8) is 0 Å². The summed E-state index contributed by atoms with van der Waals surface area (Å²) in [4.78, 5) is 2.28. The lowest BCUT2D eigenvalue weighted by Gasteiger charge is -2.26. The molecule has 0 aromatic heterocycles. The number of benzene rings is 1. The summed E-state index contributed by atoms with van der Waals surface area (Å²) < 4.78 is 44.0. The maximum absolute atomic E-state index is 12.7. The second kappa shape index (κ2) is 6.91. The minimum atomic E-state index is -4.28. The van der Waals surface area contributed by atoms with Crippen LogP contribution in [0.2, 0.25) is 0 Å². The zero-order valence-electron chi connectivity index (χ0n) is 11.0. The van der Waals surface area contributed by atoms with Crippen molar-refractivity contribution in [3.05, 3.63) is 33.8 Å². The standard InChI is InChI=1S/C14H17BrF3NO/c15-13-4-3-12(14(16,17)18)10-11(13)2-1-5-19-6-8-20-9-7-19/h3-4,10H,1-2,5-9H2. The Bertz CT molecular complexity index is 445. The maximum Gasteiger partial charge on any atom is 0.416 e. The van der Waals surface area contributed by atoms with Gasteiger partial charge in [0.15, 0.2) is 0 Å². The summed E-state index contributed by atoms with van der Waals surface area (Å²) >= 11 is 3.32. The minimum absolute atomic E-state index is 0.581. The molecule has 2 rings (SSSR count). The summed E-state index contributed by atoms with van der Waals surface area (Å²) in [6.07, 6.45) is -2.79. The molecule has 0 unspecified atom stereocenters. The van der Waals surface area contributed by atoms with Gasteiger partial charge >= 0.3 is 6.18 Å². The lowest BCUT2D eigenvalue weighted by Crippen LogP contribution is -2.36. The Morgan fingerprint density at radius 3 is 2.55 bits per heavy atom. The molecule has 6 heteroatoms. The molecule has 112 valence electrons. The van der Waals surface area contributed by atoms with E-state index in [1.54, 1.807) is 0 Å². The van der Waals surface area contributed by atoms with Crippen molar-refractivity contribution in [2.45, 2.75) is 19.0 Å². The number of hydrogen-bond acceptors (Lipinski definition) is 2. The van der Waals surface area contributed by atoms with E-state index in [-0.39, 0.29) is 0 Å². The van der Waals surface area contributed by atoms with Crippen molar-refractivity contribution in [1.82, 2.24) is 4.90 Å². The van der Waals surface area contributed by atoms with Crippen LogP contribution < -0.4 is 0 Å². The third-order valence-corrected chi connectivity index (χ3v) is 4.17. The van der Waals surface area contributed by atoms with Crippen LogP contribution in [0.5, 0.6) is 0 Å². The first-order valence-corrected chi connectivity index (χ1v) is 7.42. The zero-order valence-corrected chi connectivity index (χ0v) is 12.6. The van der Waals surface area contributed by atoms with Crippen molar-refractivity contribution in [2.24, 2.45) is 0 Å². The number of halogens is 4. The van der Waals surface area contributed by atoms with Crippen LogP contribution in [0.15, 0.2) is 22.7 Å². The number of ether oxygens (including phenoxy) is 1. The first-order valence-electron chi connectivity index (χ1n) is 6.62. The fraction of sp³-hybridized carbons (Fsp3) is 0.571. The first kappa shape index (κ1) is 15.8. The van der Waals surface area contributed by atoms with Gasteiger partial charge in [0, 0.05) is 17.6 Å². The van der Waals surface area contributed by atoms with Crippen LogP contribution in [0.3, 0.4) is 0 Å². The Balaban J connectivity index is 1.91. The van der Waals surface area contributed by atoms with Crippen LogP contribution in [0.1, 0.15) is 17.5 Å². The van der Waals surface area contributed by atoms with E-state index < -0.39 is 11.7 Å². The SMILES string of the molecule is FC(F)(F)c1ccc(Br)c(CCCN2CCOCC2)c1. The summed E-state index contributed by atoms with van der Waals surface area (Å²) in [6, 6.07) is 3.83. The highest BCUT2D eigenvalue weighted by molar-refractivity contribution is 9.10. The smallest absolute Gasteiger partial charge is 0.379 e. The van der Waals surface area contributed by atoms with Gasteiger partial charge in [0.25, 0.3) is 0 Å². The predicted molar refractivity (Wildman–Crippen MR) is 74.7 cm³/mol. The molecule has 20 heavy (non-hydrogen) atoms. The molecule has 0 amide bonds. The van der Waals surface area contributed by atoms with Gasteiger partial charge in [-0.1, -0.05) is 15.9 Å². The van der Waals surface area contributed by atoms with Crippen LogP contribution in [-0.2, 0) is 17.3 Å². The topological polar surface area (TPSA) is 12.5 Å². The molecule has 1 saturated heterocycles. The van der Waals surface area contributed by atoms with Crippen molar-refractivity contribution < 1.29 is 17.9 Å². The molecule has 0 aliphatic carbocycles. The van der Waals surface area contributed by atoms with Crippen LogP contribution in [0, 0.1) is 0 Å². The molecule has 1 heterocycles. The van der Waals surface area contributed by atoms with Crippen molar-refractivity contribution >= 4 is 15.9 Å². The lowest BCUT2D eigenvalue weighted by atomic mass is 10.1. The van der Waals surface area contributed by atoms with Gasteiger partial charge in [-0.15, -0.1) is 0 Å². The quantitative estimate of drug-likeness (QED) is 0.819. The van der Waals surface area contributed by atoms with E-state index in [4.69, 9.17) is 4.74 Å². The summed E-state index contributed by atoms with van der Waals surface area (Å²) in [5.74, 6) is 0. The predicted octanol–water partition coefficient (Wildman–Crippen LogP) is 3.73. The monoisotopic (exact) mass is 351 g/mol. The van der Waals surface area contributed by atoms with E-state index in [1.165, 1.54) is 12.1 Å². The van der Waals surface area contributed by atoms with E-state index in [2.05, 4.69) is 20.8 Å². The Kier molecular flexibility index (Phi) is 5.46. The number of aryl methyl sites for hydroxylation is 1. The molecule has 1 fully saturated rings. The number of nitrogens with zero attached hydrogens (tertiary/aromatic N) is 1. The van der Waals surface area contributed by atoms with Crippen molar-refractivity contribution in [1.29, 1.82) is 0 Å². The van der Waals surface area contributed by atoms with Gasteiger partial charge in [-0.2, -0.15) is 13.2 Å². The van der Waals surface area contributed by atoms with Gasteiger partial charge in [0.05, 0.1) is 18.8 Å². The molecule has 0 bridgehead atoms. The fourth-order valence-electron chi connectivity index (χ4n) is 2.26.